The van der Waals surface area contributed by atoms with E-state index in [1.807, 2.05) is 19.1 Å². The van der Waals surface area contributed by atoms with Gasteiger partial charge in [0, 0.05) is 60.6 Å². The van der Waals surface area contributed by atoms with Crippen molar-refractivity contribution in [2.45, 2.75) is 61.5 Å². The summed E-state index contributed by atoms with van der Waals surface area (Å²) in [5.74, 6) is -1.55. The zero-order chi connectivity index (χ0) is 34.3. The predicted octanol–water partition coefficient (Wildman–Crippen LogP) is 5.34. The number of rotatable bonds is 11. The molecule has 5 rings (SSSR count). The van der Waals surface area contributed by atoms with Crippen LogP contribution in [-0.2, 0) is 30.7 Å². The van der Waals surface area contributed by atoms with Crippen LogP contribution in [0.5, 0.6) is 0 Å². The van der Waals surface area contributed by atoms with Crippen molar-refractivity contribution >= 4 is 39.3 Å². The van der Waals surface area contributed by atoms with Crippen LogP contribution >= 0.6 is 11.6 Å². The Balaban J connectivity index is 1.42. The Morgan fingerprint density at radius 2 is 1.75 bits per heavy atom. The van der Waals surface area contributed by atoms with Crippen molar-refractivity contribution in [2.75, 3.05) is 38.7 Å². The van der Waals surface area contributed by atoms with Gasteiger partial charge in [0.05, 0.1) is 12.0 Å². The number of carbonyl (C=O) groups is 2. The van der Waals surface area contributed by atoms with Crippen LogP contribution in [0.25, 0.3) is 0 Å². The molecule has 2 aliphatic rings. The molecule has 3 aromatic carbocycles. The quantitative estimate of drug-likeness (QED) is 0.247. The van der Waals surface area contributed by atoms with E-state index >= 15 is 4.39 Å². The van der Waals surface area contributed by atoms with Crippen LogP contribution in [0.3, 0.4) is 0 Å². The summed E-state index contributed by atoms with van der Waals surface area (Å²) in [6.45, 7) is 3.76. The lowest BCUT2D eigenvalue weighted by Gasteiger charge is -2.40. The van der Waals surface area contributed by atoms with E-state index in [9.17, 15) is 18.0 Å². The van der Waals surface area contributed by atoms with Crippen molar-refractivity contribution in [3.05, 3.63) is 94.8 Å². The highest BCUT2D eigenvalue weighted by molar-refractivity contribution is 7.89. The van der Waals surface area contributed by atoms with Gasteiger partial charge in [0.1, 0.15) is 11.9 Å². The molecule has 4 atom stereocenters. The molecule has 3 N–H and O–H groups in total. The van der Waals surface area contributed by atoms with Crippen LogP contribution in [0.1, 0.15) is 43.2 Å². The molecule has 2 saturated heterocycles. The first kappa shape index (κ1) is 35.7. The van der Waals surface area contributed by atoms with Crippen molar-refractivity contribution in [2.24, 2.45) is 5.92 Å². The zero-order valence-corrected chi connectivity index (χ0v) is 28.6. The molecule has 0 saturated carbocycles. The lowest BCUT2D eigenvalue weighted by Crippen LogP contribution is -2.58. The average molecular weight is 701 g/mol. The fraction of sp³-hybridized carbons (Fsp3) is 0.429. The molecule has 3 aromatic rings. The molecule has 0 aliphatic carbocycles. The Bertz CT molecular complexity index is 1660. The molecule has 2 amide bonds. The van der Waals surface area contributed by atoms with Crippen LogP contribution in [-0.4, -0.2) is 76.3 Å². The fourth-order valence-corrected chi connectivity index (χ4v) is 8.82. The van der Waals surface area contributed by atoms with Gasteiger partial charge in [0.25, 0.3) is 0 Å². The lowest BCUT2D eigenvalue weighted by molar-refractivity contribution is -0.119. The summed E-state index contributed by atoms with van der Waals surface area (Å²) in [5, 5.41) is 9.46. The van der Waals surface area contributed by atoms with Crippen molar-refractivity contribution in [1.82, 2.24) is 14.9 Å². The number of hydrogen-bond acceptors (Lipinski definition) is 7. The largest absolute Gasteiger partial charge is 0.453 e. The van der Waals surface area contributed by atoms with Gasteiger partial charge in [0.15, 0.2) is 0 Å². The van der Waals surface area contributed by atoms with Crippen LogP contribution in [0.4, 0.5) is 14.9 Å². The summed E-state index contributed by atoms with van der Waals surface area (Å²) >= 11 is 6.18. The summed E-state index contributed by atoms with van der Waals surface area (Å²) < 4.78 is 55.0. The molecular formula is C35H42ClFN4O6S. The number of halogens is 2. The van der Waals surface area contributed by atoms with Gasteiger partial charge in [-0.3, -0.25) is 4.79 Å². The van der Waals surface area contributed by atoms with E-state index in [4.69, 9.17) is 21.1 Å². The smallest absolute Gasteiger partial charge is 0.407 e. The third kappa shape index (κ3) is 8.35. The standard InChI is InChI=1S/C35H42ClFN4O6S/c1-23-21-38-22-27(41(23)48(44,45)28-7-4-3-5-8-28)15-16-29-30(37)9-6-10-31(29)39-34(42)33(40-35(43)46-2)32(25-17-19-47-20-18-25)24-11-13-26(36)14-12-24/h3-14,23,25,27,32-33,38H,15-22H2,1-2H3,(H,39,42)(H,40,43). The highest BCUT2D eigenvalue weighted by Crippen LogP contribution is 2.36. The molecule has 0 bridgehead atoms. The van der Waals surface area contributed by atoms with E-state index in [1.54, 1.807) is 48.5 Å². The van der Waals surface area contributed by atoms with Gasteiger partial charge in [0.2, 0.25) is 15.9 Å². The minimum Gasteiger partial charge on any atom is -0.453 e. The molecule has 0 radical (unpaired) electrons. The maximum absolute atomic E-state index is 15.5. The molecule has 10 nitrogen and oxygen atoms in total. The van der Waals surface area contributed by atoms with Gasteiger partial charge in [-0.2, -0.15) is 4.31 Å². The van der Waals surface area contributed by atoms with Gasteiger partial charge in [-0.1, -0.05) is 48.0 Å². The van der Waals surface area contributed by atoms with Gasteiger partial charge in [-0.05, 0) is 80.5 Å². The lowest BCUT2D eigenvalue weighted by atomic mass is 9.76. The molecule has 4 unspecified atom stereocenters. The molecule has 258 valence electrons. The van der Waals surface area contributed by atoms with E-state index in [-0.39, 0.29) is 34.5 Å². The molecule has 2 fully saturated rings. The maximum atomic E-state index is 15.5. The zero-order valence-electron chi connectivity index (χ0n) is 27.0. The van der Waals surface area contributed by atoms with Crippen molar-refractivity contribution in [1.29, 1.82) is 0 Å². The second-order valence-corrected chi connectivity index (χ2v) is 14.5. The average Bonchev–Trinajstić information content (AvgIpc) is 3.09. The van der Waals surface area contributed by atoms with Crippen molar-refractivity contribution in [3.63, 3.8) is 0 Å². The fourth-order valence-electron chi connectivity index (χ4n) is 6.83. The summed E-state index contributed by atoms with van der Waals surface area (Å²) in [6, 6.07) is 18.0. The number of amides is 2. The highest BCUT2D eigenvalue weighted by Gasteiger charge is 2.39. The summed E-state index contributed by atoms with van der Waals surface area (Å²) in [6.07, 6.45) is 1.01. The molecule has 48 heavy (non-hydrogen) atoms. The highest BCUT2D eigenvalue weighted by atomic mass is 35.5. The van der Waals surface area contributed by atoms with E-state index in [2.05, 4.69) is 16.0 Å². The molecule has 13 heteroatoms. The van der Waals surface area contributed by atoms with E-state index in [0.717, 1.165) is 5.56 Å². The van der Waals surface area contributed by atoms with E-state index < -0.39 is 45.8 Å². The number of sulfonamides is 1. The van der Waals surface area contributed by atoms with Gasteiger partial charge < -0.3 is 25.4 Å². The van der Waals surface area contributed by atoms with Gasteiger partial charge in [-0.15, -0.1) is 0 Å². The minimum atomic E-state index is -3.82. The molecule has 2 aliphatic heterocycles. The van der Waals surface area contributed by atoms with Crippen LogP contribution < -0.4 is 16.0 Å². The second-order valence-electron chi connectivity index (χ2n) is 12.2. The third-order valence-electron chi connectivity index (χ3n) is 9.17. The normalized spacial score (nSPS) is 20.4. The number of nitrogens with zero attached hydrogens (tertiary/aromatic N) is 1. The van der Waals surface area contributed by atoms with Crippen LogP contribution in [0.15, 0.2) is 77.7 Å². The Morgan fingerprint density at radius 1 is 1.04 bits per heavy atom. The van der Waals surface area contributed by atoms with Crippen LogP contribution in [0.2, 0.25) is 5.02 Å². The first-order valence-electron chi connectivity index (χ1n) is 16.2. The van der Waals surface area contributed by atoms with Gasteiger partial charge in [-0.25, -0.2) is 17.6 Å². The Kier molecular flexibility index (Phi) is 12.1. The number of methoxy groups -OCH3 is 1. The number of carbonyl (C=O) groups excluding carboxylic acids is 2. The maximum Gasteiger partial charge on any atom is 0.407 e. The summed E-state index contributed by atoms with van der Waals surface area (Å²) in [7, 11) is -2.59. The molecular weight excluding hydrogens is 659 g/mol. The first-order chi connectivity index (χ1) is 23.1. The number of anilines is 1. The van der Waals surface area contributed by atoms with Crippen molar-refractivity contribution < 1.29 is 31.9 Å². The third-order valence-corrected chi connectivity index (χ3v) is 11.5. The van der Waals surface area contributed by atoms with E-state index in [0.29, 0.717) is 50.6 Å². The van der Waals surface area contributed by atoms with Crippen molar-refractivity contribution in [3.8, 4) is 0 Å². The number of piperazine rings is 1. The monoisotopic (exact) mass is 700 g/mol. The molecule has 0 aromatic heterocycles. The minimum absolute atomic E-state index is 0.0156. The van der Waals surface area contributed by atoms with Gasteiger partial charge >= 0.3 is 6.09 Å². The second kappa shape index (κ2) is 16.2. The summed E-state index contributed by atoms with van der Waals surface area (Å²) in [5.41, 5.74) is 1.29. The number of nitrogens with one attached hydrogen (secondary N) is 3. The number of alkyl carbamates (subject to hydrolysis) is 1. The summed E-state index contributed by atoms with van der Waals surface area (Å²) in [4.78, 5) is 27.0. The first-order valence-corrected chi connectivity index (χ1v) is 18.0. The topological polar surface area (TPSA) is 126 Å². The number of hydrogen-bond donors (Lipinski definition) is 3. The van der Waals surface area contributed by atoms with E-state index in [1.165, 1.54) is 23.5 Å². The Labute approximate surface area is 286 Å². The Morgan fingerprint density at radius 3 is 2.44 bits per heavy atom. The SMILES string of the molecule is COC(=O)NC(C(=O)Nc1cccc(F)c1CCC1CNCC(C)N1S(=O)(=O)c1ccccc1)C(c1ccc(Cl)cc1)C1CCOCC1. The predicted molar refractivity (Wildman–Crippen MR) is 182 cm³/mol. The number of benzene rings is 3. The Hall–Kier alpha value is -3.55. The van der Waals surface area contributed by atoms with Crippen LogP contribution in [0, 0.1) is 11.7 Å². The number of ether oxygens (including phenoxy) is 2. The molecule has 0 spiro atoms. The molecule has 2 heterocycles.